The van der Waals surface area contributed by atoms with Crippen LogP contribution in [0.15, 0.2) is 4.52 Å². The maximum atomic E-state index is 5.49. The number of nitrogens with zero attached hydrogens (tertiary/aromatic N) is 3. The van der Waals surface area contributed by atoms with E-state index in [-0.39, 0.29) is 0 Å². The van der Waals surface area contributed by atoms with Crippen molar-refractivity contribution in [3.63, 3.8) is 0 Å². The van der Waals surface area contributed by atoms with Gasteiger partial charge >= 0.3 is 6.01 Å². The smallest absolute Gasteiger partial charge is 0.324 e. The van der Waals surface area contributed by atoms with E-state index in [1.54, 1.807) is 0 Å². The second-order valence-electron chi connectivity index (χ2n) is 3.69. The Kier molecular flexibility index (Phi) is 2.67. The van der Waals surface area contributed by atoms with E-state index in [0.29, 0.717) is 24.4 Å². The molecule has 14 heavy (non-hydrogen) atoms. The van der Waals surface area contributed by atoms with Gasteiger partial charge in [-0.1, -0.05) is 5.16 Å². The zero-order valence-electron chi connectivity index (χ0n) is 8.44. The van der Waals surface area contributed by atoms with Crippen LogP contribution in [0.1, 0.15) is 25.1 Å². The Labute approximate surface area is 83.3 Å². The van der Waals surface area contributed by atoms with Gasteiger partial charge in [0.2, 0.25) is 0 Å². The highest BCUT2D eigenvalue weighted by molar-refractivity contribution is 5.29. The van der Waals surface area contributed by atoms with Gasteiger partial charge in [-0.05, 0) is 32.7 Å². The largest absolute Gasteiger partial charge is 0.330 e. The Morgan fingerprint density at radius 2 is 2.36 bits per heavy atom. The van der Waals surface area contributed by atoms with E-state index in [2.05, 4.69) is 15.0 Å². The molecule has 0 saturated heterocycles. The van der Waals surface area contributed by atoms with Crippen LogP contribution in [0.4, 0.5) is 6.01 Å². The standard InChI is InChI=1S/C9H16N4O/c1-7-11-9(14-12-7)13(6-2-5-10)8-3-4-8/h8H,2-6,10H2,1H3. The normalized spacial score (nSPS) is 15.9. The van der Waals surface area contributed by atoms with Gasteiger partial charge in [-0.2, -0.15) is 4.98 Å². The van der Waals surface area contributed by atoms with E-state index in [1.807, 2.05) is 6.92 Å². The van der Waals surface area contributed by atoms with Crippen LogP contribution in [0.3, 0.4) is 0 Å². The van der Waals surface area contributed by atoms with Gasteiger partial charge in [0.1, 0.15) is 0 Å². The topological polar surface area (TPSA) is 68.2 Å². The minimum atomic E-state index is 0.599. The molecule has 2 N–H and O–H groups in total. The molecule has 1 heterocycles. The fraction of sp³-hybridized carbons (Fsp3) is 0.778. The minimum absolute atomic E-state index is 0.599. The lowest BCUT2D eigenvalue weighted by molar-refractivity contribution is 0.406. The van der Waals surface area contributed by atoms with E-state index < -0.39 is 0 Å². The molecule has 1 aliphatic rings. The third-order valence-electron chi connectivity index (χ3n) is 2.35. The van der Waals surface area contributed by atoms with Crippen LogP contribution in [0.25, 0.3) is 0 Å². The van der Waals surface area contributed by atoms with Gasteiger partial charge in [0.25, 0.3) is 0 Å². The maximum absolute atomic E-state index is 5.49. The molecular weight excluding hydrogens is 180 g/mol. The Bertz CT molecular complexity index is 295. The van der Waals surface area contributed by atoms with Crippen LogP contribution in [0.5, 0.6) is 0 Å². The van der Waals surface area contributed by atoms with Crippen molar-refractivity contribution < 1.29 is 4.52 Å². The zero-order chi connectivity index (χ0) is 9.97. The summed E-state index contributed by atoms with van der Waals surface area (Å²) < 4.78 is 5.15. The molecule has 0 atom stereocenters. The predicted molar refractivity (Wildman–Crippen MR) is 53.1 cm³/mol. The third-order valence-corrected chi connectivity index (χ3v) is 2.35. The molecule has 1 aromatic rings. The van der Waals surface area contributed by atoms with Crippen molar-refractivity contribution in [2.24, 2.45) is 5.73 Å². The van der Waals surface area contributed by atoms with Crippen LogP contribution in [-0.4, -0.2) is 29.3 Å². The summed E-state index contributed by atoms with van der Waals surface area (Å²) in [5, 5.41) is 3.80. The van der Waals surface area contributed by atoms with Crippen LogP contribution in [-0.2, 0) is 0 Å². The summed E-state index contributed by atoms with van der Waals surface area (Å²) in [4.78, 5) is 6.41. The highest BCUT2D eigenvalue weighted by atomic mass is 16.5. The van der Waals surface area contributed by atoms with Crippen LogP contribution >= 0.6 is 0 Å². The van der Waals surface area contributed by atoms with Crippen LogP contribution < -0.4 is 10.6 Å². The average Bonchev–Trinajstić information content (AvgIpc) is 2.91. The fourth-order valence-corrected chi connectivity index (χ4v) is 1.49. The van der Waals surface area contributed by atoms with Gasteiger partial charge in [-0.15, -0.1) is 0 Å². The summed E-state index contributed by atoms with van der Waals surface area (Å²) in [5.41, 5.74) is 5.49. The number of nitrogens with two attached hydrogens (primary N) is 1. The first-order valence-electron chi connectivity index (χ1n) is 5.08. The number of rotatable bonds is 5. The Morgan fingerprint density at radius 1 is 1.57 bits per heavy atom. The summed E-state index contributed by atoms with van der Waals surface area (Å²) in [5.74, 6) is 0.693. The van der Waals surface area contributed by atoms with Crippen molar-refractivity contribution in [2.75, 3.05) is 18.0 Å². The molecule has 1 aliphatic carbocycles. The van der Waals surface area contributed by atoms with E-state index >= 15 is 0 Å². The SMILES string of the molecule is Cc1noc(N(CCCN)C2CC2)n1. The molecule has 1 fully saturated rings. The minimum Gasteiger partial charge on any atom is -0.330 e. The van der Waals surface area contributed by atoms with Gasteiger partial charge < -0.3 is 15.2 Å². The predicted octanol–water partition coefficient (Wildman–Crippen LogP) is 0.696. The van der Waals surface area contributed by atoms with Crippen molar-refractivity contribution in [1.29, 1.82) is 0 Å². The van der Waals surface area contributed by atoms with E-state index in [4.69, 9.17) is 10.3 Å². The highest BCUT2D eigenvalue weighted by Gasteiger charge is 2.31. The Morgan fingerprint density at radius 3 is 2.86 bits per heavy atom. The lowest BCUT2D eigenvalue weighted by Gasteiger charge is -2.18. The molecular formula is C9H16N4O. The molecule has 0 aliphatic heterocycles. The monoisotopic (exact) mass is 196 g/mol. The number of anilines is 1. The lowest BCUT2D eigenvalue weighted by atomic mass is 10.4. The summed E-state index contributed by atoms with van der Waals surface area (Å²) in [6.07, 6.45) is 3.43. The Hall–Kier alpha value is -1.10. The first-order valence-corrected chi connectivity index (χ1v) is 5.08. The molecule has 0 spiro atoms. The summed E-state index contributed by atoms with van der Waals surface area (Å²) in [7, 11) is 0. The molecule has 5 heteroatoms. The second-order valence-corrected chi connectivity index (χ2v) is 3.69. The van der Waals surface area contributed by atoms with Crippen molar-refractivity contribution in [2.45, 2.75) is 32.2 Å². The average molecular weight is 196 g/mol. The summed E-state index contributed by atoms with van der Waals surface area (Å²) >= 11 is 0. The van der Waals surface area contributed by atoms with Crippen LogP contribution in [0.2, 0.25) is 0 Å². The van der Waals surface area contributed by atoms with E-state index in [0.717, 1.165) is 13.0 Å². The number of hydrogen-bond donors (Lipinski definition) is 1. The molecule has 0 amide bonds. The summed E-state index contributed by atoms with van der Waals surface area (Å²) in [6, 6.07) is 1.25. The molecule has 0 aromatic carbocycles. The first-order chi connectivity index (χ1) is 6.81. The molecule has 0 unspecified atom stereocenters. The van der Waals surface area contributed by atoms with Crippen molar-refractivity contribution in [1.82, 2.24) is 10.1 Å². The highest BCUT2D eigenvalue weighted by Crippen LogP contribution is 2.30. The van der Waals surface area contributed by atoms with Gasteiger partial charge in [0.15, 0.2) is 5.82 Å². The fourth-order valence-electron chi connectivity index (χ4n) is 1.49. The third kappa shape index (κ3) is 2.04. The zero-order valence-corrected chi connectivity index (χ0v) is 8.44. The number of aryl methyl sites for hydroxylation is 1. The molecule has 5 nitrogen and oxygen atoms in total. The number of aromatic nitrogens is 2. The molecule has 1 aromatic heterocycles. The second kappa shape index (κ2) is 3.96. The van der Waals surface area contributed by atoms with E-state index in [1.165, 1.54) is 12.8 Å². The molecule has 1 saturated carbocycles. The van der Waals surface area contributed by atoms with Crippen molar-refractivity contribution >= 4 is 6.01 Å². The molecule has 0 radical (unpaired) electrons. The molecule has 78 valence electrons. The van der Waals surface area contributed by atoms with Gasteiger partial charge in [-0.3, -0.25) is 0 Å². The molecule has 2 rings (SSSR count). The van der Waals surface area contributed by atoms with Crippen molar-refractivity contribution in [3.8, 4) is 0 Å². The first kappa shape index (κ1) is 9.45. The van der Waals surface area contributed by atoms with Crippen LogP contribution in [0, 0.1) is 6.92 Å². The maximum Gasteiger partial charge on any atom is 0.324 e. The van der Waals surface area contributed by atoms with Gasteiger partial charge in [0, 0.05) is 12.6 Å². The number of hydrogen-bond acceptors (Lipinski definition) is 5. The van der Waals surface area contributed by atoms with Gasteiger partial charge in [-0.25, -0.2) is 0 Å². The van der Waals surface area contributed by atoms with Crippen molar-refractivity contribution in [3.05, 3.63) is 5.82 Å². The summed E-state index contributed by atoms with van der Waals surface area (Å²) in [6.45, 7) is 3.46. The Balaban J connectivity index is 2.02. The van der Waals surface area contributed by atoms with E-state index in [9.17, 15) is 0 Å². The quantitative estimate of drug-likeness (QED) is 0.750. The van der Waals surface area contributed by atoms with Gasteiger partial charge in [0.05, 0.1) is 0 Å². The molecule has 0 bridgehead atoms. The lowest BCUT2D eigenvalue weighted by Crippen LogP contribution is -2.28.